The van der Waals surface area contributed by atoms with Gasteiger partial charge in [-0.1, -0.05) is 23.2 Å². The van der Waals surface area contributed by atoms with Gasteiger partial charge in [-0.2, -0.15) is 0 Å². The van der Waals surface area contributed by atoms with Crippen molar-refractivity contribution in [2.24, 2.45) is 0 Å². The molecule has 0 aromatic carbocycles. The van der Waals surface area contributed by atoms with E-state index in [2.05, 4.69) is 0 Å². The summed E-state index contributed by atoms with van der Waals surface area (Å²) in [5.74, 6) is -1.46. The van der Waals surface area contributed by atoms with Crippen LogP contribution in [-0.2, 0) is 9.47 Å². The van der Waals surface area contributed by atoms with Crippen molar-refractivity contribution < 1.29 is 14.6 Å². The van der Waals surface area contributed by atoms with E-state index in [0.717, 1.165) is 0 Å². The first kappa shape index (κ1) is 13.2. The third kappa shape index (κ3) is 1.05. The number of aliphatic hydroxyl groups excluding tert-OH is 1. The molecule has 16 heavy (non-hydrogen) atoms. The van der Waals surface area contributed by atoms with Gasteiger partial charge in [0.05, 0.1) is 16.2 Å². The molecule has 0 unspecified atom stereocenters. The third-order valence-corrected chi connectivity index (χ3v) is 5.94. The molecule has 0 spiro atoms. The second-order valence-corrected chi connectivity index (χ2v) is 5.88. The second kappa shape index (κ2) is 3.64. The number of halogens is 4. The summed E-state index contributed by atoms with van der Waals surface area (Å²) in [6.45, 7) is 0. The van der Waals surface area contributed by atoms with Crippen molar-refractivity contribution in [3.63, 3.8) is 0 Å². The zero-order valence-electron chi connectivity index (χ0n) is 8.56. The monoisotopic (exact) mass is 306 g/mol. The lowest BCUT2D eigenvalue weighted by molar-refractivity contribution is -0.220. The van der Waals surface area contributed by atoms with Crippen molar-refractivity contribution in [1.29, 1.82) is 0 Å². The Hall–Kier alpha value is 0.780. The minimum absolute atomic E-state index is 0.0771. The molecule has 0 amide bonds. The molecule has 0 aromatic heterocycles. The van der Waals surface area contributed by atoms with Gasteiger partial charge in [0.1, 0.15) is 4.87 Å². The van der Waals surface area contributed by atoms with Crippen LogP contribution in [0.25, 0.3) is 0 Å². The quantitative estimate of drug-likeness (QED) is 0.629. The molecule has 3 nitrogen and oxygen atoms in total. The molecule has 3 atom stereocenters. The Balaban J connectivity index is 2.70. The van der Waals surface area contributed by atoms with Crippen LogP contribution in [0.1, 0.15) is 6.42 Å². The van der Waals surface area contributed by atoms with E-state index in [0.29, 0.717) is 0 Å². The SMILES string of the molecule is COC1(OC)[C@@]2(Cl)C[C@@H](O)[C@@]1(Cl)C(Cl)=C2Cl. The van der Waals surface area contributed by atoms with Gasteiger partial charge in [-0.3, -0.25) is 0 Å². The van der Waals surface area contributed by atoms with E-state index in [1.165, 1.54) is 14.2 Å². The Kier molecular flexibility index (Phi) is 3.01. The number of fused-ring (bicyclic) bond motifs is 2. The van der Waals surface area contributed by atoms with Gasteiger partial charge in [0.25, 0.3) is 0 Å². The normalized spacial score (nSPS) is 45.6. The van der Waals surface area contributed by atoms with Crippen LogP contribution >= 0.6 is 46.4 Å². The van der Waals surface area contributed by atoms with Gasteiger partial charge < -0.3 is 14.6 Å². The van der Waals surface area contributed by atoms with Crippen LogP contribution in [0.5, 0.6) is 0 Å². The van der Waals surface area contributed by atoms with E-state index in [1.807, 2.05) is 0 Å². The predicted molar refractivity (Wildman–Crippen MR) is 63.3 cm³/mol. The van der Waals surface area contributed by atoms with Crippen molar-refractivity contribution in [2.45, 2.75) is 28.1 Å². The first-order valence-electron chi connectivity index (χ1n) is 4.54. The molecule has 2 aliphatic rings. The summed E-state index contributed by atoms with van der Waals surface area (Å²) in [6, 6.07) is 0. The van der Waals surface area contributed by atoms with Crippen LogP contribution in [0.15, 0.2) is 10.1 Å². The van der Waals surface area contributed by atoms with Crippen LogP contribution in [0, 0.1) is 0 Å². The molecular formula is C9H10Cl4O3. The molecule has 1 N–H and O–H groups in total. The largest absolute Gasteiger partial charge is 0.391 e. The van der Waals surface area contributed by atoms with Gasteiger partial charge in [-0.05, 0) is 0 Å². The lowest BCUT2D eigenvalue weighted by atomic mass is 10.0. The molecule has 7 heteroatoms. The summed E-state index contributed by atoms with van der Waals surface area (Å²) in [7, 11) is 2.77. The van der Waals surface area contributed by atoms with E-state index in [1.54, 1.807) is 0 Å². The van der Waals surface area contributed by atoms with Gasteiger partial charge in [0.2, 0.25) is 5.79 Å². The Morgan fingerprint density at radius 3 is 2.00 bits per heavy atom. The van der Waals surface area contributed by atoms with E-state index in [4.69, 9.17) is 55.9 Å². The van der Waals surface area contributed by atoms with Crippen molar-refractivity contribution in [3.8, 4) is 0 Å². The molecule has 0 aromatic rings. The Morgan fingerprint density at radius 2 is 1.69 bits per heavy atom. The summed E-state index contributed by atoms with van der Waals surface area (Å²) in [6.07, 6.45) is -0.865. The third-order valence-electron chi connectivity index (χ3n) is 3.37. The number of aliphatic hydroxyl groups is 1. The number of ether oxygens (including phenoxy) is 2. The maximum atomic E-state index is 9.98. The first-order valence-corrected chi connectivity index (χ1v) is 6.05. The minimum Gasteiger partial charge on any atom is -0.391 e. The molecule has 2 rings (SSSR count). The van der Waals surface area contributed by atoms with Gasteiger partial charge in [0, 0.05) is 20.6 Å². The van der Waals surface area contributed by atoms with Crippen LogP contribution in [0.4, 0.5) is 0 Å². The van der Waals surface area contributed by atoms with E-state index >= 15 is 0 Å². The van der Waals surface area contributed by atoms with Crippen LogP contribution in [0.3, 0.4) is 0 Å². The van der Waals surface area contributed by atoms with Crippen LogP contribution < -0.4 is 0 Å². The highest BCUT2D eigenvalue weighted by Crippen LogP contribution is 2.69. The Labute approximate surface area is 113 Å². The molecule has 1 saturated carbocycles. The van der Waals surface area contributed by atoms with Gasteiger partial charge in [-0.25, -0.2) is 0 Å². The number of rotatable bonds is 2. The van der Waals surface area contributed by atoms with Crippen molar-refractivity contribution >= 4 is 46.4 Å². The fraction of sp³-hybridized carbons (Fsp3) is 0.778. The lowest BCUT2D eigenvalue weighted by Gasteiger charge is -2.40. The number of methoxy groups -OCH3 is 2. The van der Waals surface area contributed by atoms with E-state index in [-0.39, 0.29) is 16.5 Å². The molecule has 2 aliphatic carbocycles. The van der Waals surface area contributed by atoms with E-state index < -0.39 is 21.6 Å². The van der Waals surface area contributed by atoms with Crippen molar-refractivity contribution in [1.82, 2.24) is 0 Å². The molecule has 0 heterocycles. The van der Waals surface area contributed by atoms with Gasteiger partial charge >= 0.3 is 0 Å². The predicted octanol–water partition coefficient (Wildman–Crippen LogP) is 2.40. The highest BCUT2D eigenvalue weighted by atomic mass is 35.5. The first-order chi connectivity index (χ1) is 7.31. The standard InChI is InChI=1S/C9H10Cl4O3/c1-15-9(16-2)7(12)3-4(14)8(9,13)6(11)5(7)10/h4,14H,3H2,1-2H3/t4-,7-,8-/m1/s1. The van der Waals surface area contributed by atoms with Crippen LogP contribution in [-0.4, -0.2) is 41.0 Å². The topological polar surface area (TPSA) is 38.7 Å². The summed E-state index contributed by atoms with van der Waals surface area (Å²) in [5, 5.41) is 10.2. The zero-order valence-corrected chi connectivity index (χ0v) is 11.6. The molecule has 0 radical (unpaired) electrons. The summed E-state index contributed by atoms with van der Waals surface area (Å²) in [4.78, 5) is -2.72. The van der Waals surface area contributed by atoms with Crippen molar-refractivity contribution in [2.75, 3.05) is 14.2 Å². The molecule has 92 valence electrons. The molecule has 0 saturated heterocycles. The highest BCUT2D eigenvalue weighted by molar-refractivity contribution is 6.52. The second-order valence-electron chi connectivity index (χ2n) is 3.89. The smallest absolute Gasteiger partial charge is 0.219 e. The number of hydrogen-bond acceptors (Lipinski definition) is 3. The molecule has 0 aliphatic heterocycles. The van der Waals surface area contributed by atoms with Gasteiger partial charge in [-0.15, -0.1) is 23.2 Å². The molecule has 2 bridgehead atoms. The van der Waals surface area contributed by atoms with Crippen LogP contribution in [0.2, 0.25) is 0 Å². The Bertz CT molecular complexity index is 368. The zero-order chi connectivity index (χ0) is 12.4. The molecule has 1 fully saturated rings. The summed E-state index contributed by atoms with van der Waals surface area (Å²) >= 11 is 24.8. The maximum Gasteiger partial charge on any atom is 0.219 e. The minimum atomic E-state index is -1.46. The highest BCUT2D eigenvalue weighted by Gasteiger charge is 2.81. The fourth-order valence-corrected chi connectivity index (χ4v) is 4.55. The number of alkyl halides is 2. The lowest BCUT2D eigenvalue weighted by Crippen LogP contribution is -2.57. The summed E-state index contributed by atoms with van der Waals surface area (Å²) in [5.41, 5.74) is 0. The fourth-order valence-electron chi connectivity index (χ4n) is 2.61. The molecular weight excluding hydrogens is 298 g/mol. The van der Waals surface area contributed by atoms with E-state index in [9.17, 15) is 5.11 Å². The average molecular weight is 308 g/mol. The average Bonchev–Trinajstić information content (AvgIpc) is 2.50. The Morgan fingerprint density at radius 1 is 1.19 bits per heavy atom. The maximum absolute atomic E-state index is 9.98. The number of hydrogen-bond donors (Lipinski definition) is 1. The van der Waals surface area contributed by atoms with Gasteiger partial charge in [0.15, 0.2) is 4.87 Å². The summed E-state index contributed by atoms with van der Waals surface area (Å²) < 4.78 is 10.6. The van der Waals surface area contributed by atoms with Crippen molar-refractivity contribution in [3.05, 3.63) is 10.1 Å².